The highest BCUT2D eigenvalue weighted by Crippen LogP contribution is 2.54. The predicted molar refractivity (Wildman–Crippen MR) is 105 cm³/mol. The standard InChI is InChI=1S/C24H7F7O6/c25-8-1-2-13(16(26)3-8)23(24(29,30)31,14-4-9-11(6-17(14)27)21(34)36-19(9)32)15-5-10-12(7-18(15)28)22(35)37-20(10)33/h1-7H. The molecule has 0 unspecified atom stereocenters. The van der Waals surface area contributed by atoms with E-state index in [2.05, 4.69) is 9.47 Å². The molecule has 188 valence electrons. The van der Waals surface area contributed by atoms with Crippen molar-refractivity contribution in [3.05, 3.63) is 105 Å². The molecule has 0 N–H and O–H groups in total. The lowest BCUT2D eigenvalue weighted by Gasteiger charge is -2.38. The van der Waals surface area contributed by atoms with E-state index < -0.39 is 97.7 Å². The van der Waals surface area contributed by atoms with Crippen LogP contribution in [0, 0.1) is 23.3 Å². The van der Waals surface area contributed by atoms with Crippen molar-refractivity contribution < 1.29 is 59.4 Å². The van der Waals surface area contributed by atoms with Gasteiger partial charge in [-0.1, -0.05) is 6.07 Å². The normalized spacial score (nSPS) is 15.0. The molecule has 0 radical (unpaired) electrons. The number of carbonyl (C=O) groups excluding carboxylic acids is 4. The number of hydrogen-bond acceptors (Lipinski definition) is 6. The zero-order chi connectivity index (χ0) is 27.0. The molecule has 0 fully saturated rings. The van der Waals surface area contributed by atoms with E-state index in [0.717, 1.165) is 0 Å². The minimum absolute atomic E-state index is 0.0297. The van der Waals surface area contributed by atoms with Crippen LogP contribution < -0.4 is 0 Å². The van der Waals surface area contributed by atoms with Crippen molar-refractivity contribution in [2.75, 3.05) is 0 Å². The van der Waals surface area contributed by atoms with Crippen molar-refractivity contribution in [2.24, 2.45) is 0 Å². The molecular weight excluding hydrogens is 517 g/mol. The molecule has 0 aromatic heterocycles. The van der Waals surface area contributed by atoms with E-state index in [1.54, 1.807) is 0 Å². The summed E-state index contributed by atoms with van der Waals surface area (Å²) < 4.78 is 114. The number of hydrogen-bond donors (Lipinski definition) is 0. The molecule has 3 aromatic carbocycles. The van der Waals surface area contributed by atoms with Crippen LogP contribution in [0.4, 0.5) is 30.7 Å². The molecule has 0 saturated carbocycles. The van der Waals surface area contributed by atoms with Crippen LogP contribution in [0.2, 0.25) is 0 Å². The molecule has 37 heavy (non-hydrogen) atoms. The second-order valence-corrected chi connectivity index (χ2v) is 7.98. The average molecular weight is 524 g/mol. The van der Waals surface area contributed by atoms with Gasteiger partial charge >= 0.3 is 30.1 Å². The fourth-order valence-corrected chi connectivity index (χ4v) is 4.47. The van der Waals surface area contributed by atoms with Gasteiger partial charge in [0.15, 0.2) is 0 Å². The number of cyclic esters (lactones) is 4. The van der Waals surface area contributed by atoms with Crippen molar-refractivity contribution in [2.45, 2.75) is 11.6 Å². The summed E-state index contributed by atoms with van der Waals surface area (Å²) in [5.41, 5.74) is -12.0. The van der Waals surface area contributed by atoms with Crippen LogP contribution >= 0.6 is 0 Å². The predicted octanol–water partition coefficient (Wildman–Crippen LogP) is 4.76. The van der Waals surface area contributed by atoms with Gasteiger partial charge in [-0.3, -0.25) is 0 Å². The smallest absolute Gasteiger partial charge is 0.386 e. The first-order chi connectivity index (χ1) is 17.3. The van der Waals surface area contributed by atoms with E-state index in [-0.39, 0.29) is 36.4 Å². The quantitative estimate of drug-likeness (QED) is 0.213. The van der Waals surface area contributed by atoms with Crippen molar-refractivity contribution >= 4 is 23.9 Å². The number of esters is 4. The lowest BCUT2D eigenvalue weighted by molar-refractivity contribution is -0.168. The number of rotatable bonds is 3. The Kier molecular flexibility index (Phi) is 5.04. The molecule has 13 heteroatoms. The van der Waals surface area contributed by atoms with Crippen molar-refractivity contribution in [1.29, 1.82) is 0 Å². The summed E-state index contributed by atoms with van der Waals surface area (Å²) in [4.78, 5) is 47.7. The first-order valence-corrected chi connectivity index (χ1v) is 10.0. The number of alkyl halides is 3. The molecule has 0 bridgehead atoms. The Hall–Kier alpha value is -4.55. The third kappa shape index (κ3) is 3.26. The topological polar surface area (TPSA) is 86.7 Å². The Morgan fingerprint density at radius 3 is 1.27 bits per heavy atom. The van der Waals surface area contributed by atoms with E-state index in [1.807, 2.05) is 0 Å². The van der Waals surface area contributed by atoms with Gasteiger partial charge in [0.05, 0.1) is 22.3 Å². The van der Waals surface area contributed by atoms with E-state index in [9.17, 15) is 23.6 Å². The van der Waals surface area contributed by atoms with Gasteiger partial charge in [0.1, 0.15) is 28.7 Å². The first kappa shape index (κ1) is 24.2. The zero-order valence-electron chi connectivity index (χ0n) is 17.6. The highest BCUT2D eigenvalue weighted by Gasteiger charge is 2.62. The number of benzene rings is 3. The molecule has 0 spiro atoms. The maximum Gasteiger partial charge on any atom is 0.406 e. The van der Waals surface area contributed by atoms with Gasteiger partial charge in [-0.2, -0.15) is 13.2 Å². The van der Waals surface area contributed by atoms with E-state index >= 15 is 26.3 Å². The summed E-state index contributed by atoms with van der Waals surface area (Å²) in [7, 11) is 0. The summed E-state index contributed by atoms with van der Waals surface area (Å²) in [6.07, 6.45) is -5.85. The van der Waals surface area contributed by atoms with Crippen LogP contribution in [-0.2, 0) is 14.9 Å². The molecule has 2 aliphatic heterocycles. The van der Waals surface area contributed by atoms with E-state index in [0.29, 0.717) is 6.07 Å². The van der Waals surface area contributed by atoms with Crippen molar-refractivity contribution in [3.8, 4) is 0 Å². The van der Waals surface area contributed by atoms with Crippen molar-refractivity contribution in [1.82, 2.24) is 0 Å². The zero-order valence-corrected chi connectivity index (χ0v) is 17.6. The SMILES string of the molecule is O=C1OC(=O)c2cc(C(c3ccc(F)cc3F)(c3cc4c(cc3F)C(=O)OC4=O)C(F)(F)F)c(F)cc21. The molecule has 0 saturated heterocycles. The van der Waals surface area contributed by atoms with Crippen LogP contribution in [0.25, 0.3) is 0 Å². The maximum absolute atomic E-state index is 15.4. The molecule has 5 rings (SSSR count). The van der Waals surface area contributed by atoms with Crippen LogP contribution in [0.1, 0.15) is 58.1 Å². The summed E-state index contributed by atoms with van der Waals surface area (Å²) in [6, 6.07) is 1.64. The highest BCUT2D eigenvalue weighted by molar-refractivity contribution is 6.15. The average Bonchev–Trinajstić information content (AvgIpc) is 3.22. The van der Waals surface area contributed by atoms with E-state index in [1.165, 1.54) is 0 Å². The molecule has 2 heterocycles. The minimum atomic E-state index is -5.85. The Morgan fingerprint density at radius 2 is 0.892 bits per heavy atom. The third-order valence-corrected chi connectivity index (χ3v) is 6.03. The molecule has 2 aliphatic rings. The molecule has 0 aliphatic carbocycles. The first-order valence-electron chi connectivity index (χ1n) is 10.0. The largest absolute Gasteiger partial charge is 0.406 e. The van der Waals surface area contributed by atoms with E-state index in [4.69, 9.17) is 0 Å². The Morgan fingerprint density at radius 1 is 0.514 bits per heavy atom. The second kappa shape index (κ2) is 7.72. The Balaban J connectivity index is 1.99. The number of ether oxygens (including phenoxy) is 2. The van der Waals surface area contributed by atoms with Gasteiger partial charge in [0.25, 0.3) is 0 Å². The minimum Gasteiger partial charge on any atom is -0.386 e. The summed E-state index contributed by atoms with van der Waals surface area (Å²) in [5, 5.41) is 0. The van der Waals surface area contributed by atoms with Gasteiger partial charge < -0.3 is 9.47 Å². The van der Waals surface area contributed by atoms with Crippen LogP contribution in [-0.4, -0.2) is 30.1 Å². The number of halogens is 7. The van der Waals surface area contributed by atoms with Gasteiger partial charge in [0.2, 0.25) is 0 Å². The molecular formula is C24H7F7O6. The lowest BCUT2D eigenvalue weighted by Crippen LogP contribution is -2.47. The molecule has 6 nitrogen and oxygen atoms in total. The fourth-order valence-electron chi connectivity index (χ4n) is 4.47. The van der Waals surface area contributed by atoms with Gasteiger partial charge in [0, 0.05) is 22.8 Å². The Bertz CT molecular complexity index is 1510. The highest BCUT2D eigenvalue weighted by atomic mass is 19.4. The van der Waals surface area contributed by atoms with Gasteiger partial charge in [-0.05, 0) is 30.3 Å². The van der Waals surface area contributed by atoms with Crippen LogP contribution in [0.15, 0.2) is 42.5 Å². The van der Waals surface area contributed by atoms with Gasteiger partial charge in [-0.15, -0.1) is 0 Å². The maximum atomic E-state index is 15.4. The molecule has 3 aromatic rings. The van der Waals surface area contributed by atoms with Crippen LogP contribution in [0.5, 0.6) is 0 Å². The summed E-state index contributed by atoms with van der Waals surface area (Å²) in [5.74, 6) is -12.6. The third-order valence-electron chi connectivity index (χ3n) is 6.03. The number of carbonyl (C=O) groups is 4. The summed E-state index contributed by atoms with van der Waals surface area (Å²) >= 11 is 0. The summed E-state index contributed by atoms with van der Waals surface area (Å²) in [6.45, 7) is 0. The second-order valence-electron chi connectivity index (χ2n) is 7.98. The Labute approximate surface area is 200 Å². The van der Waals surface area contributed by atoms with Crippen molar-refractivity contribution in [3.63, 3.8) is 0 Å². The fraction of sp³-hybridized carbons (Fsp3) is 0.0833. The van der Waals surface area contributed by atoms with Crippen LogP contribution in [0.3, 0.4) is 0 Å². The lowest BCUT2D eigenvalue weighted by atomic mass is 9.67. The van der Waals surface area contributed by atoms with Gasteiger partial charge in [-0.25, -0.2) is 36.7 Å². The molecule has 0 atom stereocenters. The number of fused-ring (bicyclic) bond motifs is 2. The molecule has 0 amide bonds. The monoisotopic (exact) mass is 524 g/mol.